The van der Waals surface area contributed by atoms with Crippen molar-refractivity contribution in [3.8, 4) is 0 Å². The van der Waals surface area contributed by atoms with Gasteiger partial charge in [-0.15, -0.1) is 0 Å². The second-order valence-corrected chi connectivity index (χ2v) is 11.0. The van der Waals surface area contributed by atoms with Gasteiger partial charge in [-0.2, -0.15) is 0 Å². The zero-order valence-corrected chi connectivity index (χ0v) is 14.1. The summed E-state index contributed by atoms with van der Waals surface area (Å²) in [5.74, 6) is -0.851. The maximum absolute atomic E-state index is 12.1. The Morgan fingerprint density at radius 2 is 2.10 bits per heavy atom. The minimum absolute atomic E-state index is 0.137. The van der Waals surface area contributed by atoms with Crippen LogP contribution in [-0.4, -0.2) is 23.9 Å². The fourth-order valence-corrected chi connectivity index (χ4v) is 5.04. The molecule has 8 nitrogen and oxygen atoms in total. The molecule has 2 unspecified atom stereocenters. The van der Waals surface area contributed by atoms with Crippen molar-refractivity contribution in [2.45, 2.75) is 45.1 Å². The van der Waals surface area contributed by atoms with Crippen LogP contribution in [0.5, 0.6) is 0 Å². The van der Waals surface area contributed by atoms with Gasteiger partial charge in [-0.1, -0.05) is 26.2 Å². The third kappa shape index (κ3) is 7.49. The number of unbranched alkanes of at least 4 members (excludes halogenated alkanes) is 3. The second kappa shape index (κ2) is 10.4. The summed E-state index contributed by atoms with van der Waals surface area (Å²) in [6.07, 6.45) is 3.54. The number of hydrogen-bond donors (Lipinski definition) is 3. The molecule has 0 aliphatic rings. The summed E-state index contributed by atoms with van der Waals surface area (Å²) in [6, 6.07) is -1.38. The third-order valence-corrected chi connectivity index (χ3v) is 7.77. The van der Waals surface area contributed by atoms with Crippen molar-refractivity contribution >= 4 is 34.7 Å². The Hall–Kier alpha value is -0.280. The van der Waals surface area contributed by atoms with E-state index in [1.54, 1.807) is 0 Å². The fourth-order valence-electron chi connectivity index (χ4n) is 1.50. The Labute approximate surface area is 126 Å². The Balaban J connectivity index is 4.56. The van der Waals surface area contributed by atoms with Crippen LogP contribution in [0.3, 0.4) is 0 Å². The largest absolute Gasteiger partial charge is 0.308 e. The van der Waals surface area contributed by atoms with E-state index in [2.05, 4.69) is 9.81 Å². The van der Waals surface area contributed by atoms with E-state index in [4.69, 9.17) is 5.14 Å². The quantitative estimate of drug-likeness (QED) is 0.171. The summed E-state index contributed by atoms with van der Waals surface area (Å²) in [6.45, 7) is 2.03. The lowest BCUT2D eigenvalue weighted by atomic mass is 10.1. The normalized spacial score (nSPS) is 15.3. The molecule has 11 heteroatoms. The molecule has 20 heavy (non-hydrogen) atoms. The molecule has 0 aromatic heterocycles. The number of nitrogens with two attached hydrogens (primary N) is 1. The van der Waals surface area contributed by atoms with Crippen molar-refractivity contribution in [3.63, 3.8) is 0 Å². The number of hydrogen-bond acceptors (Lipinski definition) is 8. The highest BCUT2D eigenvalue weighted by Gasteiger charge is 2.35. The number of carbonyl (C=O) groups excluding carboxylic acids is 1. The molecule has 0 aromatic carbocycles. The van der Waals surface area contributed by atoms with Crippen LogP contribution in [0.1, 0.15) is 39.0 Å². The first kappa shape index (κ1) is 19.7. The van der Waals surface area contributed by atoms with Crippen molar-refractivity contribution < 1.29 is 14.3 Å². The van der Waals surface area contributed by atoms with Crippen LogP contribution in [-0.2, 0) is 9.36 Å². The van der Waals surface area contributed by atoms with E-state index in [-0.39, 0.29) is 6.42 Å². The number of nitrogens with zero attached hydrogens (tertiary/aromatic N) is 1. The van der Waals surface area contributed by atoms with Crippen molar-refractivity contribution in [2.24, 2.45) is 5.14 Å². The van der Waals surface area contributed by atoms with Gasteiger partial charge in [0, 0.05) is 34.5 Å². The summed E-state index contributed by atoms with van der Waals surface area (Å²) < 4.78 is 14.6. The Bertz CT molecular complexity index is 372. The highest BCUT2D eigenvalue weighted by Crippen LogP contribution is 2.61. The molecule has 2 atom stereocenters. The summed E-state index contributed by atoms with van der Waals surface area (Å²) in [7, 11) is 1.52. The van der Waals surface area contributed by atoms with E-state index in [0.29, 0.717) is 18.0 Å². The first-order valence-electron chi connectivity index (χ1n) is 6.19. The van der Waals surface area contributed by atoms with Crippen LogP contribution in [0.4, 0.5) is 0 Å². The maximum atomic E-state index is 12.1. The van der Waals surface area contributed by atoms with Gasteiger partial charge in [0.05, 0.1) is 0 Å². The van der Waals surface area contributed by atoms with E-state index < -0.39 is 22.6 Å². The zero-order chi connectivity index (χ0) is 15.6. The number of nitro groups is 1. The van der Waals surface area contributed by atoms with Crippen molar-refractivity contribution in [1.29, 1.82) is 0 Å². The molecule has 0 aliphatic heterocycles. The highest BCUT2D eigenvalue weighted by atomic mass is 33.1. The van der Waals surface area contributed by atoms with Gasteiger partial charge in [0.2, 0.25) is 0 Å². The van der Waals surface area contributed by atoms with E-state index in [9.17, 15) is 19.5 Å². The molecular formula is C9H21N4O4PS2. The molecule has 0 saturated carbocycles. The Morgan fingerprint density at radius 3 is 2.55 bits per heavy atom. The van der Waals surface area contributed by atoms with Gasteiger partial charge in [0.1, 0.15) is 0 Å². The molecular weight excluding hydrogens is 323 g/mol. The molecule has 1 amide bonds. The van der Waals surface area contributed by atoms with Crippen molar-refractivity contribution in [1.82, 2.24) is 9.81 Å². The van der Waals surface area contributed by atoms with Crippen LogP contribution < -0.4 is 14.9 Å². The summed E-state index contributed by atoms with van der Waals surface area (Å²) in [5.41, 5.74) is -3.30. The molecule has 0 rings (SSSR count). The predicted molar refractivity (Wildman–Crippen MR) is 83.7 cm³/mol. The molecule has 0 aromatic rings. The molecule has 0 radical (unpaired) electrons. The third-order valence-electron chi connectivity index (χ3n) is 2.49. The van der Waals surface area contributed by atoms with Gasteiger partial charge < -0.3 is 0 Å². The first-order chi connectivity index (χ1) is 9.40. The number of nitrogens with one attached hydrogen (secondary N) is 2. The number of amides is 1. The summed E-state index contributed by atoms with van der Waals surface area (Å²) in [4.78, 5) is 22.2. The van der Waals surface area contributed by atoms with Gasteiger partial charge in [-0.25, -0.2) is 0 Å². The monoisotopic (exact) mass is 344 g/mol. The molecule has 0 fully saturated rings. The van der Waals surface area contributed by atoms with Crippen molar-refractivity contribution in [2.75, 3.05) is 7.05 Å². The Morgan fingerprint density at radius 1 is 1.45 bits per heavy atom. The number of carbonyl (C=O) groups is 1. The minimum Gasteiger partial charge on any atom is -0.283 e. The summed E-state index contributed by atoms with van der Waals surface area (Å²) in [5, 5.41) is 18.4. The lowest BCUT2D eigenvalue weighted by Crippen LogP contribution is -2.37. The highest BCUT2D eigenvalue weighted by molar-refractivity contribution is 8.89. The van der Waals surface area contributed by atoms with Gasteiger partial charge in [-0.3, -0.25) is 34.4 Å². The van der Waals surface area contributed by atoms with Gasteiger partial charge in [-0.05, 0) is 13.5 Å². The lowest BCUT2D eigenvalue weighted by molar-refractivity contribution is -0.508. The molecule has 4 N–H and O–H groups in total. The van der Waals surface area contributed by atoms with Crippen LogP contribution in [0.25, 0.3) is 0 Å². The van der Waals surface area contributed by atoms with Gasteiger partial charge >= 0.3 is 11.6 Å². The SMILES string of the molecule is CCCCCCC(C(=O)NP(=O)(SN)SNC)[N+](=O)[O-]. The van der Waals surface area contributed by atoms with E-state index in [1.807, 2.05) is 6.92 Å². The number of rotatable bonds is 11. The first-order valence-corrected chi connectivity index (χ1v) is 10.8. The van der Waals surface area contributed by atoms with Crippen molar-refractivity contribution in [3.05, 3.63) is 10.1 Å². The topological polar surface area (TPSA) is 127 Å². The molecule has 0 aliphatic carbocycles. The van der Waals surface area contributed by atoms with Crippen LogP contribution >= 0.6 is 28.8 Å². The molecule has 0 spiro atoms. The predicted octanol–water partition coefficient (Wildman–Crippen LogP) is 2.30. The average Bonchev–Trinajstić information content (AvgIpc) is 2.38. The fraction of sp³-hybridized carbons (Fsp3) is 0.889. The maximum Gasteiger partial charge on any atom is 0.308 e. The van der Waals surface area contributed by atoms with E-state index in [0.717, 1.165) is 30.8 Å². The summed E-state index contributed by atoms with van der Waals surface area (Å²) >= 11 is 1.24. The zero-order valence-electron chi connectivity index (χ0n) is 11.5. The van der Waals surface area contributed by atoms with Gasteiger partial charge in [0.15, 0.2) is 0 Å². The Kier molecular flexibility index (Phi) is 10.3. The van der Waals surface area contributed by atoms with Crippen LogP contribution in [0, 0.1) is 10.1 Å². The molecule has 0 saturated heterocycles. The van der Waals surface area contributed by atoms with E-state index >= 15 is 0 Å². The molecule has 0 heterocycles. The lowest BCUT2D eigenvalue weighted by Gasteiger charge is -2.16. The van der Waals surface area contributed by atoms with E-state index in [1.165, 1.54) is 7.05 Å². The minimum atomic E-state index is -3.30. The molecule has 118 valence electrons. The van der Waals surface area contributed by atoms with Gasteiger partial charge in [0.25, 0.3) is 6.04 Å². The molecule has 0 bridgehead atoms. The smallest absolute Gasteiger partial charge is 0.283 e. The van der Waals surface area contributed by atoms with Crippen LogP contribution in [0.2, 0.25) is 0 Å². The van der Waals surface area contributed by atoms with Crippen LogP contribution in [0.15, 0.2) is 0 Å². The standard InChI is InChI=1S/C9H21N4O4PS2/c1-3-4-5-6-7-8(13(15)16)9(14)12-18(17,19-10)20-11-2/h8,11H,3-7,10H2,1-2H3,(H,12,14,17). The second-order valence-electron chi connectivity index (χ2n) is 4.02. The average molecular weight is 344 g/mol.